The fourth-order valence-electron chi connectivity index (χ4n) is 1.84. The molecular formula is C14H14N4O4. The van der Waals surface area contributed by atoms with Crippen LogP contribution in [0.4, 0.5) is 0 Å². The molecule has 0 aromatic carbocycles. The molecule has 5 N–H and O–H groups in total. The van der Waals surface area contributed by atoms with Gasteiger partial charge < -0.3 is 25.7 Å². The van der Waals surface area contributed by atoms with Gasteiger partial charge in [0.1, 0.15) is 35.7 Å². The molecule has 0 aliphatic heterocycles. The zero-order valence-corrected chi connectivity index (χ0v) is 11.5. The number of nitrogens with zero attached hydrogens (tertiary/aromatic N) is 2. The number of aromatic amines is 1. The SMILES string of the molecule is N#C/C(=C/c1c[nH]c2nccc(OCC(O)CO)c12)C(N)=O. The Balaban J connectivity index is 2.45. The first-order valence-corrected chi connectivity index (χ1v) is 6.36. The second-order valence-corrected chi connectivity index (χ2v) is 4.46. The lowest BCUT2D eigenvalue weighted by Gasteiger charge is -2.10. The molecule has 114 valence electrons. The standard InChI is InChI=1S/C14H14N4O4/c15-4-8(13(16)21)3-9-5-18-14-12(9)11(1-2-17-14)22-7-10(20)6-19/h1-3,5,10,19-20H,6-7H2,(H2,16,21)(H,17,18)/b8-3-. The van der Waals surface area contributed by atoms with Crippen LogP contribution < -0.4 is 10.5 Å². The van der Waals surface area contributed by atoms with Crippen LogP contribution >= 0.6 is 0 Å². The minimum Gasteiger partial charge on any atom is -0.490 e. The zero-order valence-electron chi connectivity index (χ0n) is 11.5. The van der Waals surface area contributed by atoms with E-state index in [0.29, 0.717) is 22.3 Å². The monoisotopic (exact) mass is 302 g/mol. The number of H-pyrrole nitrogens is 1. The lowest BCUT2D eigenvalue weighted by Crippen LogP contribution is -2.21. The molecule has 1 amide bonds. The van der Waals surface area contributed by atoms with E-state index in [1.165, 1.54) is 12.3 Å². The molecule has 2 heterocycles. The summed E-state index contributed by atoms with van der Waals surface area (Å²) >= 11 is 0. The molecule has 2 aromatic heterocycles. The van der Waals surface area contributed by atoms with Gasteiger partial charge in [0.05, 0.1) is 12.0 Å². The maximum atomic E-state index is 11.1. The first-order chi connectivity index (χ1) is 10.6. The minimum absolute atomic E-state index is 0.106. The zero-order chi connectivity index (χ0) is 16.1. The largest absolute Gasteiger partial charge is 0.490 e. The molecule has 2 rings (SSSR count). The third-order valence-electron chi connectivity index (χ3n) is 2.89. The van der Waals surface area contributed by atoms with Crippen molar-refractivity contribution in [1.29, 1.82) is 5.26 Å². The number of hydrogen-bond donors (Lipinski definition) is 4. The smallest absolute Gasteiger partial charge is 0.259 e. The molecule has 1 atom stereocenters. The Morgan fingerprint density at radius 3 is 3.05 bits per heavy atom. The summed E-state index contributed by atoms with van der Waals surface area (Å²) in [5.41, 5.74) is 5.91. The van der Waals surface area contributed by atoms with Gasteiger partial charge in [-0.15, -0.1) is 0 Å². The predicted octanol–water partition coefficient (Wildman–Crippen LogP) is -0.313. The maximum Gasteiger partial charge on any atom is 0.259 e. The number of hydrogen-bond acceptors (Lipinski definition) is 6. The first-order valence-electron chi connectivity index (χ1n) is 6.36. The van der Waals surface area contributed by atoms with Crippen molar-refractivity contribution in [2.45, 2.75) is 6.10 Å². The van der Waals surface area contributed by atoms with Crippen molar-refractivity contribution in [3.05, 3.63) is 29.6 Å². The highest BCUT2D eigenvalue weighted by Gasteiger charge is 2.13. The number of nitrogens with one attached hydrogen (secondary N) is 1. The lowest BCUT2D eigenvalue weighted by atomic mass is 10.1. The number of rotatable bonds is 6. The summed E-state index contributed by atoms with van der Waals surface area (Å²) in [6.45, 7) is -0.529. The van der Waals surface area contributed by atoms with Gasteiger partial charge in [0, 0.05) is 18.0 Å². The Kier molecular flexibility index (Phi) is 4.73. The minimum atomic E-state index is -1.01. The van der Waals surface area contributed by atoms with Crippen LogP contribution in [0.2, 0.25) is 0 Å². The number of primary amides is 1. The number of fused-ring (bicyclic) bond motifs is 1. The summed E-state index contributed by atoms with van der Waals surface area (Å²) in [6, 6.07) is 3.30. The average Bonchev–Trinajstić information content (AvgIpc) is 2.93. The van der Waals surface area contributed by atoms with Crippen LogP contribution in [0, 0.1) is 11.3 Å². The molecule has 0 spiro atoms. The first kappa shape index (κ1) is 15.5. The maximum absolute atomic E-state index is 11.1. The van der Waals surface area contributed by atoms with Gasteiger partial charge >= 0.3 is 0 Å². The number of carbonyl (C=O) groups is 1. The summed E-state index contributed by atoms with van der Waals surface area (Å²) in [5, 5.41) is 27.6. The Labute approximate surface area is 125 Å². The number of aliphatic hydroxyl groups is 2. The summed E-state index contributed by atoms with van der Waals surface area (Å²) < 4.78 is 5.45. The molecule has 2 aromatic rings. The number of carbonyl (C=O) groups excluding carboxylic acids is 1. The van der Waals surface area contributed by atoms with Crippen molar-refractivity contribution in [2.75, 3.05) is 13.2 Å². The van der Waals surface area contributed by atoms with Gasteiger partial charge in [-0.1, -0.05) is 0 Å². The fraction of sp³-hybridized carbons (Fsp3) is 0.214. The predicted molar refractivity (Wildman–Crippen MR) is 77.5 cm³/mol. The molecular weight excluding hydrogens is 288 g/mol. The van der Waals surface area contributed by atoms with Crippen LogP contribution in [-0.2, 0) is 4.79 Å². The number of ether oxygens (including phenoxy) is 1. The van der Waals surface area contributed by atoms with Crippen molar-refractivity contribution < 1.29 is 19.7 Å². The molecule has 0 bridgehead atoms. The third kappa shape index (κ3) is 3.22. The van der Waals surface area contributed by atoms with Crippen molar-refractivity contribution in [3.8, 4) is 11.8 Å². The number of nitriles is 1. The van der Waals surface area contributed by atoms with Crippen LogP contribution in [0.1, 0.15) is 5.56 Å². The van der Waals surface area contributed by atoms with Crippen LogP contribution in [0.25, 0.3) is 17.1 Å². The van der Waals surface area contributed by atoms with E-state index in [4.69, 9.17) is 20.8 Å². The molecule has 8 nitrogen and oxygen atoms in total. The summed E-state index contributed by atoms with van der Waals surface area (Å²) in [6.07, 6.45) is 3.39. The summed E-state index contributed by atoms with van der Waals surface area (Å²) in [5.74, 6) is -0.439. The molecule has 0 saturated heterocycles. The lowest BCUT2D eigenvalue weighted by molar-refractivity contribution is -0.114. The van der Waals surface area contributed by atoms with Crippen molar-refractivity contribution in [1.82, 2.24) is 9.97 Å². The summed E-state index contributed by atoms with van der Waals surface area (Å²) in [7, 11) is 0. The number of pyridine rings is 1. The second-order valence-electron chi connectivity index (χ2n) is 4.46. The van der Waals surface area contributed by atoms with Gasteiger partial charge in [-0.2, -0.15) is 5.26 Å². The highest BCUT2D eigenvalue weighted by molar-refractivity contribution is 6.03. The van der Waals surface area contributed by atoms with E-state index in [2.05, 4.69) is 9.97 Å². The number of nitrogens with two attached hydrogens (primary N) is 1. The van der Waals surface area contributed by atoms with E-state index in [-0.39, 0.29) is 12.2 Å². The van der Waals surface area contributed by atoms with Gasteiger partial charge in [0.15, 0.2) is 0 Å². The van der Waals surface area contributed by atoms with Gasteiger partial charge in [0.2, 0.25) is 0 Å². The highest BCUT2D eigenvalue weighted by atomic mass is 16.5. The van der Waals surface area contributed by atoms with E-state index < -0.39 is 18.6 Å². The molecule has 0 aliphatic carbocycles. The van der Waals surface area contributed by atoms with Crippen molar-refractivity contribution >= 4 is 23.0 Å². The number of amides is 1. The van der Waals surface area contributed by atoms with Crippen molar-refractivity contribution in [3.63, 3.8) is 0 Å². The Bertz CT molecular complexity index is 760. The molecule has 0 aliphatic rings. The molecule has 1 unspecified atom stereocenters. The third-order valence-corrected chi connectivity index (χ3v) is 2.89. The van der Waals surface area contributed by atoms with E-state index >= 15 is 0 Å². The average molecular weight is 302 g/mol. The normalized spacial score (nSPS) is 12.9. The van der Waals surface area contributed by atoms with Crippen LogP contribution in [0.5, 0.6) is 5.75 Å². The Morgan fingerprint density at radius 2 is 2.41 bits per heavy atom. The molecule has 22 heavy (non-hydrogen) atoms. The van der Waals surface area contributed by atoms with E-state index in [9.17, 15) is 9.90 Å². The van der Waals surface area contributed by atoms with E-state index in [0.717, 1.165) is 0 Å². The number of aliphatic hydroxyl groups excluding tert-OH is 2. The molecule has 0 saturated carbocycles. The number of aromatic nitrogens is 2. The Morgan fingerprint density at radius 1 is 1.64 bits per heavy atom. The van der Waals surface area contributed by atoms with Gasteiger partial charge in [-0.05, 0) is 12.1 Å². The molecule has 0 radical (unpaired) electrons. The second kappa shape index (κ2) is 6.71. The highest BCUT2D eigenvalue weighted by Crippen LogP contribution is 2.28. The molecule has 8 heteroatoms. The van der Waals surface area contributed by atoms with Gasteiger partial charge in [0.25, 0.3) is 5.91 Å². The van der Waals surface area contributed by atoms with E-state index in [1.807, 2.05) is 0 Å². The fourth-order valence-corrected chi connectivity index (χ4v) is 1.84. The van der Waals surface area contributed by atoms with Gasteiger partial charge in [-0.25, -0.2) is 4.98 Å². The summed E-state index contributed by atoms with van der Waals surface area (Å²) in [4.78, 5) is 18.1. The molecule has 0 fully saturated rings. The van der Waals surface area contributed by atoms with Gasteiger partial charge in [-0.3, -0.25) is 4.79 Å². The van der Waals surface area contributed by atoms with Crippen LogP contribution in [-0.4, -0.2) is 45.4 Å². The topological polar surface area (TPSA) is 145 Å². The van der Waals surface area contributed by atoms with Crippen LogP contribution in [0.15, 0.2) is 24.0 Å². The van der Waals surface area contributed by atoms with Crippen molar-refractivity contribution in [2.24, 2.45) is 5.73 Å². The van der Waals surface area contributed by atoms with Crippen LogP contribution in [0.3, 0.4) is 0 Å². The van der Waals surface area contributed by atoms with E-state index in [1.54, 1.807) is 18.3 Å². The Hall–Kier alpha value is -2.89. The quantitative estimate of drug-likeness (QED) is 0.425.